The van der Waals surface area contributed by atoms with Gasteiger partial charge in [0.2, 0.25) is 5.91 Å². The Kier molecular flexibility index (Phi) is 6.99. The topological polar surface area (TPSA) is 67.9 Å². The highest BCUT2D eigenvalue weighted by molar-refractivity contribution is 6.30. The number of carbonyl (C=O) groups is 2. The van der Waals surface area contributed by atoms with E-state index in [1.54, 1.807) is 43.4 Å². The average Bonchev–Trinajstić information content (AvgIpc) is 2.77. The zero-order valence-electron chi connectivity index (χ0n) is 16.6. The van der Waals surface area contributed by atoms with E-state index >= 15 is 0 Å². The maximum absolute atomic E-state index is 12.7. The van der Waals surface area contributed by atoms with Crippen LogP contribution in [-0.2, 0) is 11.3 Å². The lowest BCUT2D eigenvalue weighted by Gasteiger charge is -2.32. The minimum atomic E-state index is -0.222. The Morgan fingerprint density at radius 3 is 2.52 bits per heavy atom. The number of halogens is 1. The lowest BCUT2D eigenvalue weighted by Crippen LogP contribution is -2.45. The van der Waals surface area contributed by atoms with E-state index in [2.05, 4.69) is 5.32 Å². The average molecular weight is 417 g/mol. The number of piperidine rings is 1. The van der Waals surface area contributed by atoms with Crippen LogP contribution in [-0.4, -0.2) is 44.0 Å². The lowest BCUT2D eigenvalue weighted by molar-refractivity contribution is -0.126. The Morgan fingerprint density at radius 2 is 1.83 bits per heavy atom. The Labute approximate surface area is 175 Å². The van der Waals surface area contributed by atoms with Crippen LogP contribution in [0, 0.1) is 5.92 Å². The monoisotopic (exact) mass is 416 g/mol. The second-order valence-corrected chi connectivity index (χ2v) is 7.44. The molecule has 154 valence electrons. The van der Waals surface area contributed by atoms with Crippen LogP contribution >= 0.6 is 11.6 Å². The summed E-state index contributed by atoms with van der Waals surface area (Å²) in [5.74, 6) is 0.926. The van der Waals surface area contributed by atoms with Crippen molar-refractivity contribution in [2.75, 3.05) is 27.3 Å². The highest BCUT2D eigenvalue weighted by atomic mass is 35.5. The van der Waals surface area contributed by atoms with E-state index in [-0.39, 0.29) is 17.7 Å². The molecule has 2 aromatic rings. The molecule has 3 rings (SSSR count). The zero-order valence-corrected chi connectivity index (χ0v) is 17.4. The van der Waals surface area contributed by atoms with Crippen LogP contribution in [0.2, 0.25) is 5.02 Å². The maximum Gasteiger partial charge on any atom is 0.253 e. The van der Waals surface area contributed by atoms with E-state index in [1.807, 2.05) is 18.2 Å². The fraction of sp³-hybridized carbons (Fsp3) is 0.364. The van der Waals surface area contributed by atoms with Crippen molar-refractivity contribution >= 4 is 23.4 Å². The number of methoxy groups -OCH3 is 2. The van der Waals surface area contributed by atoms with Gasteiger partial charge in [-0.15, -0.1) is 0 Å². The SMILES string of the molecule is COc1ccc(CNC(=O)C2CCCN(C(=O)c3ccc(Cl)cc3)C2)cc1OC. The molecule has 2 amide bonds. The minimum absolute atomic E-state index is 0.0478. The van der Waals surface area contributed by atoms with Crippen molar-refractivity contribution < 1.29 is 19.1 Å². The molecule has 7 heteroatoms. The van der Waals surface area contributed by atoms with Gasteiger partial charge in [0.05, 0.1) is 20.1 Å². The van der Waals surface area contributed by atoms with E-state index in [1.165, 1.54) is 0 Å². The molecule has 0 saturated carbocycles. The molecule has 1 aliphatic rings. The third kappa shape index (κ3) is 5.21. The van der Waals surface area contributed by atoms with Crippen LogP contribution < -0.4 is 14.8 Å². The van der Waals surface area contributed by atoms with E-state index in [0.29, 0.717) is 41.7 Å². The molecule has 0 spiro atoms. The molecule has 1 fully saturated rings. The Bertz CT molecular complexity index is 870. The van der Waals surface area contributed by atoms with E-state index < -0.39 is 0 Å². The molecule has 0 radical (unpaired) electrons. The van der Waals surface area contributed by atoms with Gasteiger partial charge in [-0.25, -0.2) is 0 Å². The predicted molar refractivity (Wildman–Crippen MR) is 111 cm³/mol. The number of hydrogen-bond donors (Lipinski definition) is 1. The number of hydrogen-bond acceptors (Lipinski definition) is 4. The Balaban J connectivity index is 1.58. The first kappa shape index (κ1) is 21.0. The maximum atomic E-state index is 12.7. The summed E-state index contributed by atoms with van der Waals surface area (Å²) in [5, 5.41) is 3.56. The van der Waals surface area contributed by atoms with Gasteiger partial charge in [-0.2, -0.15) is 0 Å². The van der Waals surface area contributed by atoms with Gasteiger partial charge in [-0.3, -0.25) is 9.59 Å². The lowest BCUT2D eigenvalue weighted by atomic mass is 9.96. The third-order valence-electron chi connectivity index (χ3n) is 5.09. The molecule has 2 aromatic carbocycles. The smallest absolute Gasteiger partial charge is 0.253 e. The summed E-state index contributed by atoms with van der Waals surface area (Å²) in [6.07, 6.45) is 1.57. The fourth-order valence-electron chi connectivity index (χ4n) is 3.47. The van der Waals surface area contributed by atoms with Crippen molar-refractivity contribution in [1.82, 2.24) is 10.2 Å². The number of amides is 2. The number of nitrogens with zero attached hydrogens (tertiary/aromatic N) is 1. The van der Waals surface area contributed by atoms with Crippen LogP contribution in [0.4, 0.5) is 0 Å². The van der Waals surface area contributed by atoms with Crippen molar-refractivity contribution in [3.8, 4) is 11.5 Å². The highest BCUT2D eigenvalue weighted by Gasteiger charge is 2.28. The van der Waals surface area contributed by atoms with Crippen LogP contribution in [0.5, 0.6) is 11.5 Å². The first-order valence-corrected chi connectivity index (χ1v) is 9.93. The normalized spacial score (nSPS) is 16.2. The molecule has 1 atom stereocenters. The molecule has 1 saturated heterocycles. The highest BCUT2D eigenvalue weighted by Crippen LogP contribution is 2.27. The minimum Gasteiger partial charge on any atom is -0.493 e. The fourth-order valence-corrected chi connectivity index (χ4v) is 3.60. The number of nitrogens with one attached hydrogen (secondary N) is 1. The van der Waals surface area contributed by atoms with Gasteiger partial charge < -0.3 is 19.7 Å². The number of likely N-dealkylation sites (tertiary alicyclic amines) is 1. The molecular formula is C22H25ClN2O4. The van der Waals surface area contributed by atoms with Gasteiger partial charge >= 0.3 is 0 Å². The molecule has 6 nitrogen and oxygen atoms in total. The van der Waals surface area contributed by atoms with Crippen molar-refractivity contribution in [2.45, 2.75) is 19.4 Å². The number of benzene rings is 2. The summed E-state index contributed by atoms with van der Waals surface area (Å²) >= 11 is 5.90. The van der Waals surface area contributed by atoms with Crippen LogP contribution in [0.1, 0.15) is 28.8 Å². The second kappa shape index (κ2) is 9.65. The predicted octanol–water partition coefficient (Wildman–Crippen LogP) is 3.53. The van der Waals surface area contributed by atoms with Gasteiger partial charge in [-0.05, 0) is 54.8 Å². The molecule has 29 heavy (non-hydrogen) atoms. The summed E-state index contributed by atoms with van der Waals surface area (Å²) in [6, 6.07) is 12.4. The zero-order chi connectivity index (χ0) is 20.8. The molecule has 0 bridgehead atoms. The van der Waals surface area contributed by atoms with Gasteiger partial charge in [0, 0.05) is 30.2 Å². The summed E-state index contributed by atoms with van der Waals surface area (Å²) in [6.45, 7) is 1.46. The van der Waals surface area contributed by atoms with E-state index in [4.69, 9.17) is 21.1 Å². The quantitative estimate of drug-likeness (QED) is 0.782. The van der Waals surface area contributed by atoms with Crippen LogP contribution in [0.3, 0.4) is 0 Å². The Morgan fingerprint density at radius 1 is 1.10 bits per heavy atom. The van der Waals surface area contributed by atoms with E-state index in [0.717, 1.165) is 18.4 Å². The van der Waals surface area contributed by atoms with Crippen molar-refractivity contribution in [3.05, 3.63) is 58.6 Å². The van der Waals surface area contributed by atoms with Crippen molar-refractivity contribution in [1.29, 1.82) is 0 Å². The molecule has 1 aliphatic heterocycles. The van der Waals surface area contributed by atoms with Gasteiger partial charge in [0.1, 0.15) is 0 Å². The summed E-state index contributed by atoms with van der Waals surface area (Å²) < 4.78 is 10.5. The molecule has 1 N–H and O–H groups in total. The number of ether oxygens (including phenoxy) is 2. The summed E-state index contributed by atoms with van der Waals surface area (Å²) in [5.41, 5.74) is 1.50. The second-order valence-electron chi connectivity index (χ2n) is 7.00. The molecule has 1 unspecified atom stereocenters. The Hall–Kier alpha value is -2.73. The third-order valence-corrected chi connectivity index (χ3v) is 5.34. The van der Waals surface area contributed by atoms with E-state index in [9.17, 15) is 9.59 Å². The first-order chi connectivity index (χ1) is 14.0. The van der Waals surface area contributed by atoms with Crippen LogP contribution in [0.15, 0.2) is 42.5 Å². The molecular weight excluding hydrogens is 392 g/mol. The molecule has 0 aromatic heterocycles. The van der Waals surface area contributed by atoms with Crippen molar-refractivity contribution in [3.63, 3.8) is 0 Å². The molecule has 0 aliphatic carbocycles. The van der Waals surface area contributed by atoms with Crippen LogP contribution in [0.25, 0.3) is 0 Å². The largest absolute Gasteiger partial charge is 0.493 e. The summed E-state index contributed by atoms with van der Waals surface area (Å²) in [7, 11) is 3.16. The van der Waals surface area contributed by atoms with Gasteiger partial charge in [-0.1, -0.05) is 17.7 Å². The number of carbonyl (C=O) groups excluding carboxylic acids is 2. The molecule has 1 heterocycles. The van der Waals surface area contributed by atoms with Gasteiger partial charge in [0.15, 0.2) is 11.5 Å². The number of rotatable bonds is 6. The standard InChI is InChI=1S/C22H25ClN2O4/c1-28-19-10-5-15(12-20(19)29-2)13-24-21(26)17-4-3-11-25(14-17)22(27)16-6-8-18(23)9-7-16/h5-10,12,17H,3-4,11,13-14H2,1-2H3,(H,24,26). The van der Waals surface area contributed by atoms with Gasteiger partial charge in [0.25, 0.3) is 5.91 Å². The summed E-state index contributed by atoms with van der Waals surface area (Å²) in [4.78, 5) is 27.1. The first-order valence-electron chi connectivity index (χ1n) is 9.55. The van der Waals surface area contributed by atoms with Crippen molar-refractivity contribution in [2.24, 2.45) is 5.92 Å².